The van der Waals surface area contributed by atoms with Crippen LogP contribution in [-0.4, -0.2) is 29.1 Å². The van der Waals surface area contributed by atoms with Gasteiger partial charge in [-0.05, 0) is 6.07 Å². The fraction of sp³-hybridized carbons (Fsp3) is 0.308. The number of amides is 2. The number of urea groups is 1. The van der Waals surface area contributed by atoms with Crippen LogP contribution >= 0.6 is 0 Å². The Hall–Kier alpha value is -1.97. The van der Waals surface area contributed by atoms with Gasteiger partial charge in [0.15, 0.2) is 0 Å². The van der Waals surface area contributed by atoms with E-state index in [9.17, 15) is 4.79 Å². The van der Waals surface area contributed by atoms with Gasteiger partial charge in [0.05, 0.1) is 6.04 Å². The minimum Gasteiger partial charge on any atom is -0.350 e. The van der Waals surface area contributed by atoms with Gasteiger partial charge in [0.2, 0.25) is 0 Å². The molecule has 2 amide bonds. The summed E-state index contributed by atoms with van der Waals surface area (Å²) in [5.41, 5.74) is 2.42. The molecule has 4 nitrogen and oxygen atoms in total. The molecule has 1 atom stereocenters. The van der Waals surface area contributed by atoms with Gasteiger partial charge < -0.3 is 14.8 Å². The van der Waals surface area contributed by atoms with Crippen LogP contribution in [0, 0.1) is 0 Å². The number of aryl methyl sites for hydroxylation is 1. The van der Waals surface area contributed by atoms with Crippen molar-refractivity contribution < 1.29 is 4.79 Å². The van der Waals surface area contributed by atoms with Crippen LogP contribution in [0.3, 0.4) is 0 Å². The lowest BCUT2D eigenvalue weighted by molar-refractivity contribution is 0.217. The number of fused-ring (bicyclic) bond motifs is 1. The molecule has 0 bridgehead atoms. The van der Waals surface area contributed by atoms with Crippen LogP contribution in [0.4, 0.5) is 4.79 Å². The average molecular weight is 229 g/mol. The molecule has 17 heavy (non-hydrogen) atoms. The Kier molecular flexibility index (Phi) is 2.11. The minimum atomic E-state index is 0.00272. The maximum absolute atomic E-state index is 11.5. The van der Waals surface area contributed by atoms with E-state index >= 15 is 0 Å². The highest BCUT2D eigenvalue weighted by molar-refractivity contribution is 5.86. The zero-order valence-corrected chi connectivity index (χ0v) is 9.97. The molecule has 1 aromatic heterocycles. The van der Waals surface area contributed by atoms with Crippen LogP contribution < -0.4 is 5.32 Å². The topological polar surface area (TPSA) is 37.3 Å². The van der Waals surface area contributed by atoms with Crippen molar-refractivity contribution in [3.8, 4) is 0 Å². The van der Waals surface area contributed by atoms with Gasteiger partial charge in [-0.2, -0.15) is 0 Å². The molecule has 1 N–H and O–H groups in total. The molecule has 1 fully saturated rings. The van der Waals surface area contributed by atoms with Crippen molar-refractivity contribution in [2.75, 3.05) is 13.6 Å². The Labute approximate surface area is 99.8 Å². The Bertz CT molecular complexity index is 587. The van der Waals surface area contributed by atoms with Crippen molar-refractivity contribution in [3.05, 3.63) is 36.0 Å². The maximum Gasteiger partial charge on any atom is 0.317 e. The number of benzene rings is 1. The molecule has 1 aliphatic rings. The lowest BCUT2D eigenvalue weighted by atomic mass is 10.1. The summed E-state index contributed by atoms with van der Waals surface area (Å²) in [5.74, 6) is 0. The predicted octanol–water partition coefficient (Wildman–Crippen LogP) is 1.87. The molecule has 0 saturated carbocycles. The summed E-state index contributed by atoms with van der Waals surface area (Å²) in [6, 6.07) is 8.42. The first-order chi connectivity index (χ1) is 8.18. The summed E-state index contributed by atoms with van der Waals surface area (Å²) < 4.78 is 2.11. The standard InChI is InChI=1S/C13H15N3O/c1-15-8-10(9-5-3-4-6-11(9)15)12-7-14-13(17)16(12)2/h3-6,8,12H,7H2,1-2H3,(H,14,17). The Balaban J connectivity index is 2.15. The van der Waals surface area contributed by atoms with Crippen LogP contribution in [0.2, 0.25) is 0 Å². The van der Waals surface area contributed by atoms with E-state index in [0.29, 0.717) is 6.54 Å². The van der Waals surface area contributed by atoms with E-state index in [0.717, 1.165) is 0 Å². The SMILES string of the molecule is CN1C(=O)NCC1c1cn(C)c2ccccc12. The highest BCUT2D eigenvalue weighted by atomic mass is 16.2. The third-order valence-corrected chi connectivity index (χ3v) is 3.52. The molecule has 2 heterocycles. The summed E-state index contributed by atoms with van der Waals surface area (Å²) in [6.07, 6.45) is 2.12. The quantitative estimate of drug-likeness (QED) is 0.796. The monoisotopic (exact) mass is 229 g/mol. The van der Waals surface area contributed by atoms with E-state index in [1.807, 2.05) is 26.2 Å². The minimum absolute atomic E-state index is 0.00272. The molecule has 4 heteroatoms. The first kappa shape index (κ1) is 10.2. The second kappa shape index (κ2) is 3.52. The number of nitrogens with one attached hydrogen (secondary N) is 1. The molecule has 0 spiro atoms. The number of rotatable bonds is 1. The van der Waals surface area contributed by atoms with Crippen LogP contribution in [-0.2, 0) is 7.05 Å². The van der Waals surface area contributed by atoms with Crippen LogP contribution in [0.5, 0.6) is 0 Å². The molecule has 3 rings (SSSR count). The van der Waals surface area contributed by atoms with E-state index in [-0.39, 0.29) is 12.1 Å². The Morgan fingerprint density at radius 3 is 2.76 bits per heavy atom. The first-order valence-electron chi connectivity index (χ1n) is 5.73. The molecule has 1 aromatic carbocycles. The first-order valence-corrected chi connectivity index (χ1v) is 5.73. The highest BCUT2D eigenvalue weighted by Crippen LogP contribution is 2.30. The number of carbonyl (C=O) groups excluding carboxylic acids is 1. The lowest BCUT2D eigenvalue weighted by Gasteiger charge is -2.17. The van der Waals surface area contributed by atoms with Crippen LogP contribution in [0.15, 0.2) is 30.5 Å². The molecular weight excluding hydrogens is 214 g/mol. The van der Waals surface area contributed by atoms with Gasteiger partial charge in [0.25, 0.3) is 0 Å². The van der Waals surface area contributed by atoms with E-state index < -0.39 is 0 Å². The van der Waals surface area contributed by atoms with Crippen molar-refractivity contribution in [1.29, 1.82) is 0 Å². The third-order valence-electron chi connectivity index (χ3n) is 3.52. The Morgan fingerprint density at radius 1 is 1.29 bits per heavy atom. The van der Waals surface area contributed by atoms with Crippen molar-refractivity contribution in [1.82, 2.24) is 14.8 Å². The summed E-state index contributed by atoms with van der Waals surface area (Å²) >= 11 is 0. The smallest absolute Gasteiger partial charge is 0.317 e. The van der Waals surface area contributed by atoms with Gasteiger partial charge in [-0.25, -0.2) is 4.79 Å². The van der Waals surface area contributed by atoms with Crippen molar-refractivity contribution in [3.63, 3.8) is 0 Å². The second-order valence-corrected chi connectivity index (χ2v) is 4.53. The molecule has 1 aliphatic heterocycles. The zero-order chi connectivity index (χ0) is 12.0. The highest BCUT2D eigenvalue weighted by Gasteiger charge is 2.30. The molecule has 0 aliphatic carbocycles. The van der Waals surface area contributed by atoms with E-state index in [4.69, 9.17) is 0 Å². The number of hydrogen-bond donors (Lipinski definition) is 1. The third kappa shape index (κ3) is 1.40. The normalized spacial score (nSPS) is 20.0. The fourth-order valence-electron chi connectivity index (χ4n) is 2.54. The van der Waals surface area contributed by atoms with Crippen LogP contribution in [0.1, 0.15) is 11.6 Å². The van der Waals surface area contributed by atoms with Gasteiger partial charge in [0, 0.05) is 43.3 Å². The van der Waals surface area contributed by atoms with Gasteiger partial charge in [-0.15, -0.1) is 0 Å². The van der Waals surface area contributed by atoms with Crippen LogP contribution in [0.25, 0.3) is 10.9 Å². The molecule has 1 unspecified atom stereocenters. The second-order valence-electron chi connectivity index (χ2n) is 4.53. The number of aromatic nitrogens is 1. The zero-order valence-electron chi connectivity index (χ0n) is 9.97. The van der Waals surface area contributed by atoms with Crippen molar-refractivity contribution >= 4 is 16.9 Å². The van der Waals surface area contributed by atoms with E-state index in [2.05, 4.69) is 28.2 Å². The number of likely N-dealkylation sites (N-methyl/N-ethyl adjacent to an activating group) is 1. The van der Waals surface area contributed by atoms with Gasteiger partial charge in [-0.1, -0.05) is 18.2 Å². The van der Waals surface area contributed by atoms with E-state index in [1.54, 1.807) is 4.90 Å². The predicted molar refractivity (Wildman–Crippen MR) is 66.8 cm³/mol. The van der Waals surface area contributed by atoms with Gasteiger partial charge in [0.1, 0.15) is 0 Å². The molecular formula is C13H15N3O. The molecule has 0 radical (unpaired) electrons. The summed E-state index contributed by atoms with van der Waals surface area (Å²) in [5, 5.41) is 4.09. The lowest BCUT2D eigenvalue weighted by Crippen LogP contribution is -2.25. The molecule has 88 valence electrons. The Morgan fingerprint density at radius 2 is 2.06 bits per heavy atom. The average Bonchev–Trinajstić information content (AvgIpc) is 2.83. The largest absolute Gasteiger partial charge is 0.350 e. The van der Waals surface area contributed by atoms with Crippen molar-refractivity contribution in [2.45, 2.75) is 6.04 Å². The van der Waals surface area contributed by atoms with Gasteiger partial charge >= 0.3 is 6.03 Å². The summed E-state index contributed by atoms with van der Waals surface area (Å²) in [4.78, 5) is 13.3. The molecule has 2 aromatic rings. The summed E-state index contributed by atoms with van der Waals surface area (Å²) in [6.45, 7) is 0.684. The maximum atomic E-state index is 11.5. The number of hydrogen-bond acceptors (Lipinski definition) is 1. The summed E-state index contributed by atoms with van der Waals surface area (Å²) in [7, 11) is 3.88. The van der Waals surface area contributed by atoms with E-state index in [1.165, 1.54) is 16.5 Å². The molecule has 1 saturated heterocycles. The van der Waals surface area contributed by atoms with Crippen molar-refractivity contribution in [2.24, 2.45) is 7.05 Å². The number of carbonyl (C=O) groups is 1. The van der Waals surface area contributed by atoms with Gasteiger partial charge in [-0.3, -0.25) is 0 Å². The number of nitrogens with zero attached hydrogens (tertiary/aromatic N) is 2. The fourth-order valence-corrected chi connectivity index (χ4v) is 2.54. The number of para-hydroxylation sites is 1.